The van der Waals surface area contributed by atoms with Gasteiger partial charge in [-0.3, -0.25) is 0 Å². The standard InChI is InChI=1S/C65H45N5.C7H8/c1-42-33-35-46(47-37-38-60-58(40-47)52-27-15-16-32-59(52)69(60)49-23-11-5-12-24-49)39-56(42)57-41-48(36-34-43(57)2)51-28-17-29-53-54-30-18-31-55(62(54)70(61(51)53)50-25-13-6-14-26-50)65-67-63(44-19-7-3-8-20-44)66-64(68-65)45-21-9-4-10-22-45;1-7-5-3-2-4-6-7/h3-41H,1-2H3;2-6H,1H3. The summed E-state index contributed by atoms with van der Waals surface area (Å²) in [4.78, 5) is 15.5. The van der Waals surface area contributed by atoms with Crippen LogP contribution in [-0.4, -0.2) is 24.1 Å². The van der Waals surface area contributed by atoms with Crippen molar-refractivity contribution in [2.45, 2.75) is 20.8 Å². The Morgan fingerprint density at radius 3 is 1.27 bits per heavy atom. The van der Waals surface area contributed by atoms with E-state index in [2.05, 4.69) is 242 Å². The number of aromatic nitrogens is 5. The second-order valence-electron chi connectivity index (χ2n) is 19.7. The van der Waals surface area contributed by atoms with Gasteiger partial charge < -0.3 is 9.13 Å². The van der Waals surface area contributed by atoms with E-state index in [4.69, 9.17) is 15.0 Å². The van der Waals surface area contributed by atoms with Crippen molar-refractivity contribution in [1.29, 1.82) is 0 Å². The Labute approximate surface area is 448 Å². The molecule has 0 fully saturated rings. The van der Waals surface area contributed by atoms with Gasteiger partial charge in [-0.15, -0.1) is 0 Å². The Morgan fingerprint density at radius 2 is 0.688 bits per heavy atom. The molecule has 3 aromatic heterocycles. The summed E-state index contributed by atoms with van der Waals surface area (Å²) in [5, 5.41) is 4.77. The van der Waals surface area contributed by atoms with Gasteiger partial charge in [0.2, 0.25) is 0 Å². The van der Waals surface area contributed by atoms with Crippen molar-refractivity contribution in [2.75, 3.05) is 0 Å². The Bertz CT molecular complexity index is 4390. The Kier molecular flexibility index (Phi) is 12.2. The van der Waals surface area contributed by atoms with Crippen LogP contribution in [-0.2, 0) is 0 Å². The molecule has 0 atom stereocenters. The molecule has 0 aliphatic rings. The minimum absolute atomic E-state index is 0.619. The van der Waals surface area contributed by atoms with Crippen molar-refractivity contribution in [2.24, 2.45) is 0 Å². The van der Waals surface area contributed by atoms with E-state index in [9.17, 15) is 0 Å². The van der Waals surface area contributed by atoms with Gasteiger partial charge in [-0.25, -0.2) is 15.0 Å². The molecule has 5 heteroatoms. The Hall–Kier alpha value is -9.97. The lowest BCUT2D eigenvalue weighted by Gasteiger charge is -2.16. The van der Waals surface area contributed by atoms with Crippen LogP contribution in [0.15, 0.2) is 267 Å². The summed E-state index contributed by atoms with van der Waals surface area (Å²) in [7, 11) is 0. The minimum Gasteiger partial charge on any atom is -0.309 e. The third-order valence-electron chi connectivity index (χ3n) is 14.8. The summed E-state index contributed by atoms with van der Waals surface area (Å²) in [6.07, 6.45) is 0. The first-order chi connectivity index (χ1) is 37.9. The zero-order chi connectivity index (χ0) is 51.8. The Balaban J connectivity index is 0.000000751. The van der Waals surface area contributed by atoms with Gasteiger partial charge in [0.1, 0.15) is 0 Å². The lowest BCUT2D eigenvalue weighted by atomic mass is 9.90. The number of fused-ring (bicyclic) bond motifs is 6. The number of aryl methyl sites for hydroxylation is 3. The topological polar surface area (TPSA) is 48.5 Å². The van der Waals surface area contributed by atoms with Crippen LogP contribution in [0.4, 0.5) is 0 Å². The molecule has 77 heavy (non-hydrogen) atoms. The van der Waals surface area contributed by atoms with Crippen LogP contribution in [0.1, 0.15) is 16.7 Å². The third-order valence-corrected chi connectivity index (χ3v) is 14.8. The Morgan fingerprint density at radius 1 is 0.260 bits per heavy atom. The lowest BCUT2D eigenvalue weighted by Crippen LogP contribution is -2.02. The van der Waals surface area contributed by atoms with E-state index in [1.54, 1.807) is 0 Å². The summed E-state index contributed by atoms with van der Waals surface area (Å²) < 4.78 is 4.79. The molecule has 0 spiro atoms. The zero-order valence-corrected chi connectivity index (χ0v) is 43.1. The molecule has 0 N–H and O–H groups in total. The van der Waals surface area contributed by atoms with Gasteiger partial charge in [0.05, 0.1) is 22.1 Å². The molecule has 0 saturated heterocycles. The van der Waals surface area contributed by atoms with Crippen LogP contribution >= 0.6 is 0 Å². The molecule has 11 aromatic carbocycles. The van der Waals surface area contributed by atoms with Gasteiger partial charge in [0.25, 0.3) is 0 Å². The summed E-state index contributed by atoms with van der Waals surface area (Å²) in [5.74, 6) is 1.88. The van der Waals surface area contributed by atoms with Crippen LogP contribution < -0.4 is 0 Å². The molecule has 366 valence electrons. The number of para-hydroxylation sites is 5. The van der Waals surface area contributed by atoms with Crippen LogP contribution in [0.3, 0.4) is 0 Å². The van der Waals surface area contributed by atoms with E-state index >= 15 is 0 Å². The molecule has 14 aromatic rings. The van der Waals surface area contributed by atoms with E-state index in [1.807, 2.05) is 54.6 Å². The van der Waals surface area contributed by atoms with Crippen LogP contribution in [0.5, 0.6) is 0 Å². The number of nitrogens with zero attached hydrogens (tertiary/aromatic N) is 5. The normalized spacial score (nSPS) is 11.3. The summed E-state index contributed by atoms with van der Waals surface area (Å²) in [6.45, 7) is 6.54. The van der Waals surface area contributed by atoms with Gasteiger partial charge in [0.15, 0.2) is 17.5 Å². The fourth-order valence-electron chi connectivity index (χ4n) is 11.0. The lowest BCUT2D eigenvalue weighted by molar-refractivity contribution is 1.07. The summed E-state index contributed by atoms with van der Waals surface area (Å²) in [5.41, 5.74) is 20.5. The zero-order valence-electron chi connectivity index (χ0n) is 43.1. The van der Waals surface area contributed by atoms with Crippen LogP contribution in [0, 0.1) is 20.8 Å². The van der Waals surface area contributed by atoms with Crippen molar-refractivity contribution in [3.63, 3.8) is 0 Å². The summed E-state index contributed by atoms with van der Waals surface area (Å²) >= 11 is 0. The van der Waals surface area contributed by atoms with E-state index in [0.717, 1.165) is 61.0 Å². The van der Waals surface area contributed by atoms with Gasteiger partial charge in [-0.1, -0.05) is 212 Å². The predicted octanol–water partition coefficient (Wildman–Crippen LogP) is 18.7. The molecule has 3 heterocycles. The van der Waals surface area contributed by atoms with Gasteiger partial charge >= 0.3 is 0 Å². The highest BCUT2D eigenvalue weighted by Crippen LogP contribution is 2.44. The van der Waals surface area contributed by atoms with Crippen LogP contribution in [0.25, 0.3) is 123 Å². The minimum atomic E-state index is 0.619. The fourth-order valence-corrected chi connectivity index (χ4v) is 11.0. The highest BCUT2D eigenvalue weighted by Gasteiger charge is 2.23. The first-order valence-electron chi connectivity index (χ1n) is 26.3. The predicted molar refractivity (Wildman–Crippen MR) is 322 cm³/mol. The van der Waals surface area contributed by atoms with Crippen molar-refractivity contribution in [3.8, 4) is 78.9 Å². The maximum Gasteiger partial charge on any atom is 0.166 e. The SMILES string of the molecule is Cc1ccc(-c2ccc3c(c2)c2ccccc2n3-c2ccccc2)cc1-c1cc(-c2cccc3c4cccc(-c5nc(-c6ccccc6)nc(-c6ccccc6)n5)c4n(-c4ccccc4)c23)ccc1C.Cc1ccccc1. The second-order valence-corrected chi connectivity index (χ2v) is 19.7. The number of hydrogen-bond donors (Lipinski definition) is 0. The van der Waals surface area contributed by atoms with Crippen molar-refractivity contribution in [3.05, 3.63) is 284 Å². The highest BCUT2D eigenvalue weighted by atomic mass is 15.0. The molecular formula is C72H53N5. The summed E-state index contributed by atoms with van der Waals surface area (Å²) in [6, 6.07) is 94.7. The second kappa shape index (κ2) is 20.0. The molecule has 0 unspecified atom stereocenters. The number of rotatable bonds is 8. The molecule has 0 radical (unpaired) electrons. The van der Waals surface area contributed by atoms with E-state index < -0.39 is 0 Å². The average molecular weight is 988 g/mol. The smallest absolute Gasteiger partial charge is 0.166 e. The van der Waals surface area contributed by atoms with Crippen molar-refractivity contribution < 1.29 is 0 Å². The molecular weight excluding hydrogens is 935 g/mol. The van der Waals surface area contributed by atoms with E-state index in [0.29, 0.717) is 17.5 Å². The van der Waals surface area contributed by atoms with Gasteiger partial charge in [-0.2, -0.15) is 0 Å². The average Bonchev–Trinajstić information content (AvgIpc) is 4.05. The first kappa shape index (κ1) is 46.8. The largest absolute Gasteiger partial charge is 0.309 e. The molecule has 0 aliphatic heterocycles. The molecule has 5 nitrogen and oxygen atoms in total. The maximum atomic E-state index is 5.23. The number of benzene rings is 11. The van der Waals surface area contributed by atoms with Gasteiger partial charge in [-0.05, 0) is 120 Å². The molecule has 0 bridgehead atoms. The monoisotopic (exact) mass is 987 g/mol. The quantitative estimate of drug-likeness (QED) is 0.152. The third kappa shape index (κ3) is 8.74. The van der Waals surface area contributed by atoms with E-state index in [-0.39, 0.29) is 0 Å². The van der Waals surface area contributed by atoms with Crippen LogP contribution in [0.2, 0.25) is 0 Å². The fraction of sp³-hybridized carbons (Fsp3) is 0.0417. The van der Waals surface area contributed by atoms with Crippen molar-refractivity contribution in [1.82, 2.24) is 24.1 Å². The molecule has 0 amide bonds. The van der Waals surface area contributed by atoms with Gasteiger partial charge in [0, 0.05) is 55.2 Å². The first-order valence-corrected chi connectivity index (χ1v) is 26.3. The molecule has 0 saturated carbocycles. The van der Waals surface area contributed by atoms with Crippen molar-refractivity contribution >= 4 is 43.6 Å². The van der Waals surface area contributed by atoms with E-state index in [1.165, 1.54) is 60.8 Å². The molecule has 0 aliphatic carbocycles. The number of hydrogen-bond acceptors (Lipinski definition) is 3. The molecule has 14 rings (SSSR count). The highest BCUT2D eigenvalue weighted by molar-refractivity contribution is 6.17. The maximum absolute atomic E-state index is 5.23.